The van der Waals surface area contributed by atoms with Crippen LogP contribution >= 0.6 is 0 Å². The van der Waals surface area contributed by atoms with Gasteiger partial charge in [0.25, 0.3) is 5.91 Å². The number of rotatable bonds is 7. The predicted molar refractivity (Wildman–Crippen MR) is 76.0 cm³/mol. The maximum absolute atomic E-state index is 12.2. The van der Waals surface area contributed by atoms with Crippen LogP contribution in [0.1, 0.15) is 37.6 Å². The minimum Gasteiger partial charge on any atom is -0.493 e. The predicted octanol–water partition coefficient (Wildman–Crippen LogP) is 2.31. The molecule has 2 atom stereocenters. The van der Waals surface area contributed by atoms with Crippen molar-refractivity contribution < 1.29 is 19.4 Å². The maximum Gasteiger partial charge on any atom is 0.326 e. The Hall–Kier alpha value is -2.04. The second-order valence-corrected chi connectivity index (χ2v) is 4.60. The van der Waals surface area contributed by atoms with Crippen LogP contribution in [0.5, 0.6) is 5.75 Å². The first-order chi connectivity index (χ1) is 9.51. The number of nitrogens with one attached hydrogen (secondary N) is 1. The third kappa shape index (κ3) is 3.98. The van der Waals surface area contributed by atoms with Gasteiger partial charge in [0.1, 0.15) is 11.8 Å². The molecule has 1 aromatic carbocycles. The van der Waals surface area contributed by atoms with Gasteiger partial charge in [-0.2, -0.15) is 0 Å². The summed E-state index contributed by atoms with van der Waals surface area (Å²) in [6.07, 6.45) is 0.671. The number of carboxylic acids is 1. The average Bonchev–Trinajstić information content (AvgIpc) is 2.44. The Morgan fingerprint density at radius 1 is 1.30 bits per heavy atom. The number of carbonyl (C=O) groups is 2. The molecule has 1 unspecified atom stereocenters. The van der Waals surface area contributed by atoms with E-state index >= 15 is 0 Å². The van der Waals surface area contributed by atoms with Gasteiger partial charge in [-0.3, -0.25) is 4.79 Å². The van der Waals surface area contributed by atoms with Crippen molar-refractivity contribution in [3.8, 4) is 5.75 Å². The smallest absolute Gasteiger partial charge is 0.326 e. The Morgan fingerprint density at radius 3 is 2.50 bits per heavy atom. The average molecular weight is 279 g/mol. The monoisotopic (exact) mass is 279 g/mol. The summed E-state index contributed by atoms with van der Waals surface area (Å²) in [6, 6.07) is 5.90. The molecule has 0 spiro atoms. The van der Waals surface area contributed by atoms with Gasteiger partial charge in [-0.25, -0.2) is 4.79 Å². The number of ether oxygens (including phenoxy) is 1. The molecule has 2 N–H and O–H groups in total. The van der Waals surface area contributed by atoms with Crippen LogP contribution in [0.3, 0.4) is 0 Å². The minimum atomic E-state index is -1.03. The van der Waals surface area contributed by atoms with E-state index in [1.807, 2.05) is 13.8 Å². The van der Waals surface area contributed by atoms with Crippen molar-refractivity contribution in [3.63, 3.8) is 0 Å². The molecule has 0 fully saturated rings. The number of aliphatic carboxylic acids is 1. The summed E-state index contributed by atoms with van der Waals surface area (Å²) < 4.78 is 5.38. The minimum absolute atomic E-state index is 0.143. The summed E-state index contributed by atoms with van der Waals surface area (Å²) in [5, 5.41) is 11.8. The lowest BCUT2D eigenvalue weighted by Gasteiger charge is -2.20. The summed E-state index contributed by atoms with van der Waals surface area (Å²) >= 11 is 0. The van der Waals surface area contributed by atoms with Crippen LogP contribution in [0.25, 0.3) is 0 Å². The molecule has 5 nitrogen and oxygen atoms in total. The number of benzene rings is 1. The zero-order valence-electron chi connectivity index (χ0n) is 12.1. The SMILES string of the molecule is CCOc1ccccc1C(=O)N[C@H](C(=O)O)C(C)CC. The zero-order valence-corrected chi connectivity index (χ0v) is 12.1. The standard InChI is InChI=1S/C15H21NO4/c1-4-10(3)13(15(18)19)16-14(17)11-8-6-7-9-12(11)20-5-2/h6-10,13H,4-5H2,1-3H3,(H,16,17)(H,18,19)/t10?,13-/m0/s1. The van der Waals surface area contributed by atoms with E-state index in [4.69, 9.17) is 4.74 Å². The Morgan fingerprint density at radius 2 is 1.95 bits per heavy atom. The molecule has 1 amide bonds. The van der Waals surface area contributed by atoms with Crippen molar-refractivity contribution in [2.75, 3.05) is 6.61 Å². The molecule has 0 saturated heterocycles. The van der Waals surface area contributed by atoms with Gasteiger partial charge in [-0.15, -0.1) is 0 Å². The number of amides is 1. The molecule has 0 aromatic heterocycles. The molecule has 0 aliphatic carbocycles. The van der Waals surface area contributed by atoms with Gasteiger partial charge in [0.05, 0.1) is 12.2 Å². The highest BCUT2D eigenvalue weighted by Crippen LogP contribution is 2.18. The molecule has 0 saturated carbocycles. The summed E-state index contributed by atoms with van der Waals surface area (Å²) in [5.41, 5.74) is 0.351. The topological polar surface area (TPSA) is 75.6 Å². The van der Waals surface area contributed by atoms with E-state index in [1.54, 1.807) is 31.2 Å². The largest absolute Gasteiger partial charge is 0.493 e. The van der Waals surface area contributed by atoms with Crippen molar-refractivity contribution >= 4 is 11.9 Å². The molecule has 0 aliphatic heterocycles. The molecule has 1 rings (SSSR count). The molecule has 0 bridgehead atoms. The maximum atomic E-state index is 12.2. The Bertz CT molecular complexity index is 473. The summed E-state index contributed by atoms with van der Waals surface area (Å²) in [6.45, 7) is 5.96. The van der Waals surface area contributed by atoms with Gasteiger partial charge < -0.3 is 15.2 Å². The van der Waals surface area contributed by atoms with Gasteiger partial charge in [0.2, 0.25) is 0 Å². The normalized spacial score (nSPS) is 13.3. The lowest BCUT2D eigenvalue weighted by molar-refractivity contribution is -0.140. The van der Waals surface area contributed by atoms with Crippen LogP contribution in [0, 0.1) is 5.92 Å². The van der Waals surface area contributed by atoms with Crippen molar-refractivity contribution in [2.24, 2.45) is 5.92 Å². The Balaban J connectivity index is 2.92. The van der Waals surface area contributed by atoms with Crippen molar-refractivity contribution in [1.29, 1.82) is 0 Å². The lowest BCUT2D eigenvalue weighted by atomic mass is 9.99. The van der Waals surface area contributed by atoms with Crippen LogP contribution in [0.15, 0.2) is 24.3 Å². The van der Waals surface area contributed by atoms with Gasteiger partial charge in [-0.05, 0) is 25.0 Å². The molecular formula is C15H21NO4. The number of carbonyl (C=O) groups excluding carboxylic acids is 1. The quantitative estimate of drug-likeness (QED) is 0.803. The zero-order chi connectivity index (χ0) is 15.1. The molecule has 0 aliphatic rings. The first-order valence-electron chi connectivity index (χ1n) is 6.76. The number of hydrogen-bond acceptors (Lipinski definition) is 3. The van der Waals surface area contributed by atoms with E-state index < -0.39 is 17.9 Å². The molecular weight excluding hydrogens is 258 g/mol. The Kier molecular flexibility index (Phi) is 6.03. The molecule has 1 aromatic rings. The summed E-state index contributed by atoms with van der Waals surface area (Å²) in [4.78, 5) is 23.5. The van der Waals surface area contributed by atoms with E-state index in [9.17, 15) is 14.7 Å². The van der Waals surface area contributed by atoms with Crippen molar-refractivity contribution in [1.82, 2.24) is 5.32 Å². The van der Waals surface area contributed by atoms with Crippen LogP contribution in [0.2, 0.25) is 0 Å². The summed E-state index contributed by atoms with van der Waals surface area (Å²) in [5.74, 6) is -1.14. The van der Waals surface area contributed by atoms with E-state index in [0.717, 1.165) is 0 Å². The fourth-order valence-corrected chi connectivity index (χ4v) is 1.84. The second kappa shape index (κ2) is 7.53. The van der Waals surface area contributed by atoms with E-state index in [1.165, 1.54) is 0 Å². The highest BCUT2D eigenvalue weighted by Gasteiger charge is 2.26. The number of para-hydroxylation sites is 1. The summed E-state index contributed by atoms with van der Waals surface area (Å²) in [7, 11) is 0. The van der Waals surface area contributed by atoms with Crippen molar-refractivity contribution in [2.45, 2.75) is 33.2 Å². The van der Waals surface area contributed by atoms with Crippen LogP contribution in [0.4, 0.5) is 0 Å². The number of hydrogen-bond donors (Lipinski definition) is 2. The third-order valence-corrected chi connectivity index (χ3v) is 3.20. The van der Waals surface area contributed by atoms with Crippen LogP contribution in [-0.2, 0) is 4.79 Å². The van der Waals surface area contributed by atoms with Gasteiger partial charge in [0, 0.05) is 0 Å². The first-order valence-corrected chi connectivity index (χ1v) is 6.76. The number of carboxylic acid groups (broad SMARTS) is 1. The highest BCUT2D eigenvalue weighted by atomic mass is 16.5. The lowest BCUT2D eigenvalue weighted by Crippen LogP contribution is -2.45. The van der Waals surface area contributed by atoms with E-state index in [0.29, 0.717) is 24.3 Å². The van der Waals surface area contributed by atoms with Gasteiger partial charge in [-0.1, -0.05) is 32.4 Å². The van der Waals surface area contributed by atoms with Gasteiger partial charge >= 0.3 is 5.97 Å². The first kappa shape index (κ1) is 16.0. The van der Waals surface area contributed by atoms with E-state index in [-0.39, 0.29) is 5.92 Å². The van der Waals surface area contributed by atoms with E-state index in [2.05, 4.69) is 5.32 Å². The molecule has 0 heterocycles. The van der Waals surface area contributed by atoms with Gasteiger partial charge in [0.15, 0.2) is 0 Å². The molecule has 0 radical (unpaired) electrons. The molecule has 110 valence electrons. The second-order valence-electron chi connectivity index (χ2n) is 4.60. The molecule has 5 heteroatoms. The van der Waals surface area contributed by atoms with Crippen molar-refractivity contribution in [3.05, 3.63) is 29.8 Å². The Labute approximate surface area is 118 Å². The third-order valence-electron chi connectivity index (χ3n) is 3.20. The van der Waals surface area contributed by atoms with Crippen LogP contribution < -0.4 is 10.1 Å². The van der Waals surface area contributed by atoms with Crippen LogP contribution in [-0.4, -0.2) is 29.6 Å². The highest BCUT2D eigenvalue weighted by molar-refractivity contribution is 5.98. The fraction of sp³-hybridized carbons (Fsp3) is 0.467. The fourth-order valence-electron chi connectivity index (χ4n) is 1.84. The molecule has 20 heavy (non-hydrogen) atoms.